The highest BCUT2D eigenvalue weighted by atomic mass is 19.1. The summed E-state index contributed by atoms with van der Waals surface area (Å²) in [5, 5.41) is 5.92. The maximum Gasteiger partial charge on any atom is 0.407 e. The molecule has 0 aromatic rings. The molecule has 6 rings (SSSR count). The molecule has 4 aliphatic heterocycles. The number of rotatable bonds is 6. The lowest BCUT2D eigenvalue weighted by atomic mass is 9.69. The summed E-state index contributed by atoms with van der Waals surface area (Å²) in [4.78, 5) is 46.2. The maximum atomic E-state index is 16.2. The molecule has 2 saturated carbocycles. The Morgan fingerprint density at radius 2 is 1.83 bits per heavy atom. The van der Waals surface area contributed by atoms with Gasteiger partial charge in [0.05, 0.1) is 35.9 Å². The minimum Gasteiger partial charge on any atom is -0.444 e. The Bertz CT molecular complexity index is 1070. The van der Waals surface area contributed by atoms with Crippen LogP contribution < -0.4 is 10.6 Å². The summed E-state index contributed by atoms with van der Waals surface area (Å²) in [6.45, 7) is 9.99. The molecule has 6 aliphatic rings. The van der Waals surface area contributed by atoms with Crippen LogP contribution in [0.2, 0.25) is 0 Å². The van der Waals surface area contributed by atoms with Gasteiger partial charge in [0.1, 0.15) is 11.8 Å². The van der Waals surface area contributed by atoms with Crippen molar-refractivity contribution in [2.75, 3.05) is 39.3 Å². The number of ketones is 1. The Morgan fingerprint density at radius 3 is 2.60 bits per heavy atom. The molecule has 8 atom stereocenters. The summed E-state index contributed by atoms with van der Waals surface area (Å²) < 4.78 is 28.4. The standard InChI is InChI=1S/C31H48FN5O5/c1-31(2,3)42-30(40)34-19-10-14-36(17-19)26-22(32)16-20-25-28(26)41-24-9-5-4-8-23(24)37(25)18-21(27(20)38)29(39)33-11-15-35-12-6-7-13-35/h18-20,22-26,28H,4-17H2,1-3H3,(H,33,39)(H,34,40). The van der Waals surface area contributed by atoms with Crippen molar-refractivity contribution in [1.82, 2.24) is 25.3 Å². The smallest absolute Gasteiger partial charge is 0.407 e. The molecule has 8 unspecified atom stereocenters. The van der Waals surface area contributed by atoms with Crippen LogP contribution in [-0.2, 0) is 19.1 Å². The molecule has 5 fully saturated rings. The van der Waals surface area contributed by atoms with Gasteiger partial charge in [-0.1, -0.05) is 12.8 Å². The summed E-state index contributed by atoms with van der Waals surface area (Å²) in [6, 6.07) is -0.873. The predicted octanol–water partition coefficient (Wildman–Crippen LogP) is 2.37. The van der Waals surface area contributed by atoms with Crippen molar-refractivity contribution >= 4 is 17.8 Å². The number of halogens is 1. The fourth-order valence-electron chi connectivity index (χ4n) is 8.24. The summed E-state index contributed by atoms with van der Waals surface area (Å²) in [6.07, 6.45) is 6.59. The van der Waals surface area contributed by atoms with Crippen LogP contribution in [0.5, 0.6) is 0 Å². The van der Waals surface area contributed by atoms with Crippen LogP contribution in [0.25, 0.3) is 0 Å². The van der Waals surface area contributed by atoms with E-state index in [1.54, 1.807) is 6.20 Å². The number of morpholine rings is 1. The number of ether oxygens (including phenoxy) is 2. The topological polar surface area (TPSA) is 103 Å². The Morgan fingerprint density at radius 1 is 1.07 bits per heavy atom. The molecule has 2 N–H and O–H groups in total. The van der Waals surface area contributed by atoms with Gasteiger partial charge in [-0.3, -0.25) is 14.5 Å². The van der Waals surface area contributed by atoms with Gasteiger partial charge in [-0.25, -0.2) is 9.18 Å². The third kappa shape index (κ3) is 6.06. The first-order valence-electron chi connectivity index (χ1n) is 16.2. The first kappa shape index (κ1) is 29.8. The summed E-state index contributed by atoms with van der Waals surface area (Å²) >= 11 is 0. The van der Waals surface area contributed by atoms with E-state index in [0.717, 1.165) is 45.3 Å². The molecular formula is C31H48FN5O5. The monoisotopic (exact) mass is 589 g/mol. The predicted molar refractivity (Wildman–Crippen MR) is 154 cm³/mol. The van der Waals surface area contributed by atoms with Crippen molar-refractivity contribution in [3.05, 3.63) is 11.8 Å². The van der Waals surface area contributed by atoms with Gasteiger partial charge >= 0.3 is 6.09 Å². The summed E-state index contributed by atoms with van der Waals surface area (Å²) in [5.74, 6) is -1.22. The molecule has 11 heteroatoms. The van der Waals surface area contributed by atoms with Crippen LogP contribution in [0.3, 0.4) is 0 Å². The minimum atomic E-state index is -1.28. The number of alkyl halides is 1. The zero-order valence-electron chi connectivity index (χ0n) is 25.4. The highest BCUT2D eigenvalue weighted by molar-refractivity contribution is 6.20. The van der Waals surface area contributed by atoms with Gasteiger partial charge in [-0.05, 0) is 72.4 Å². The number of Topliss-reactive ketones (excluding diaryl/α,β-unsaturated/α-hetero) is 1. The first-order valence-corrected chi connectivity index (χ1v) is 16.2. The molecule has 0 bridgehead atoms. The van der Waals surface area contributed by atoms with Gasteiger partial charge in [0.2, 0.25) is 0 Å². The first-order chi connectivity index (χ1) is 20.1. The highest BCUT2D eigenvalue weighted by Gasteiger charge is 2.60. The van der Waals surface area contributed by atoms with E-state index in [4.69, 9.17) is 9.47 Å². The lowest BCUT2D eigenvalue weighted by molar-refractivity contribution is -0.209. The number of alkyl carbamates (subject to hydrolysis) is 1. The van der Waals surface area contributed by atoms with Crippen LogP contribution in [0, 0.1) is 5.92 Å². The molecular weight excluding hydrogens is 541 g/mol. The Hall–Kier alpha value is -2.24. The van der Waals surface area contributed by atoms with Crippen molar-refractivity contribution in [3.63, 3.8) is 0 Å². The summed E-state index contributed by atoms with van der Waals surface area (Å²) in [5.41, 5.74) is -0.429. The van der Waals surface area contributed by atoms with Crippen LogP contribution in [-0.4, -0.2) is 120 Å². The number of carbonyl (C=O) groups excluding carboxylic acids is 3. The molecule has 0 aromatic heterocycles. The molecule has 2 aliphatic carbocycles. The Kier molecular flexibility index (Phi) is 8.54. The van der Waals surface area contributed by atoms with E-state index in [-0.39, 0.29) is 47.9 Å². The Balaban J connectivity index is 1.19. The SMILES string of the molecule is CC(C)(C)OC(=O)NC1CCN(C2C(F)CC3C(=O)C(C(=O)NCCN4CCCC4)=CN4C5CCCCC5OC2C34)C1. The van der Waals surface area contributed by atoms with Crippen molar-refractivity contribution in [2.45, 2.75) is 120 Å². The molecule has 0 aromatic carbocycles. The average molecular weight is 590 g/mol. The van der Waals surface area contributed by atoms with E-state index in [9.17, 15) is 14.4 Å². The zero-order valence-corrected chi connectivity index (χ0v) is 25.4. The fourth-order valence-corrected chi connectivity index (χ4v) is 8.24. The van der Waals surface area contributed by atoms with E-state index in [0.29, 0.717) is 26.1 Å². The molecule has 3 saturated heterocycles. The second-order valence-electron chi connectivity index (χ2n) is 14.1. The molecule has 0 radical (unpaired) electrons. The number of fused-ring (bicyclic) bond motifs is 2. The average Bonchev–Trinajstić information content (AvgIpc) is 3.61. The number of nitrogens with one attached hydrogen (secondary N) is 2. The van der Waals surface area contributed by atoms with Crippen LogP contribution in [0.15, 0.2) is 11.8 Å². The molecule has 0 spiro atoms. The highest BCUT2D eigenvalue weighted by Crippen LogP contribution is 2.47. The second-order valence-corrected chi connectivity index (χ2v) is 14.1. The van der Waals surface area contributed by atoms with Gasteiger partial charge in [0.15, 0.2) is 5.78 Å². The Labute approximate surface area is 248 Å². The van der Waals surface area contributed by atoms with Crippen molar-refractivity contribution in [3.8, 4) is 0 Å². The molecule has 2 amide bonds. The van der Waals surface area contributed by atoms with Crippen molar-refractivity contribution in [1.29, 1.82) is 0 Å². The van der Waals surface area contributed by atoms with E-state index in [1.807, 2.05) is 20.8 Å². The quantitative estimate of drug-likeness (QED) is 0.456. The van der Waals surface area contributed by atoms with Gasteiger partial charge in [-0.2, -0.15) is 0 Å². The number of nitrogens with zero attached hydrogens (tertiary/aromatic N) is 3. The van der Waals surface area contributed by atoms with Gasteiger partial charge in [-0.15, -0.1) is 0 Å². The third-order valence-corrected chi connectivity index (χ3v) is 10.1. The van der Waals surface area contributed by atoms with Crippen LogP contribution >= 0.6 is 0 Å². The lowest BCUT2D eigenvalue weighted by Crippen LogP contribution is -2.73. The van der Waals surface area contributed by atoms with Gasteiger partial charge in [0.25, 0.3) is 5.91 Å². The third-order valence-electron chi connectivity index (χ3n) is 10.1. The summed E-state index contributed by atoms with van der Waals surface area (Å²) in [7, 11) is 0. The zero-order chi connectivity index (χ0) is 29.6. The number of hydrogen-bond acceptors (Lipinski definition) is 8. The lowest BCUT2D eigenvalue weighted by Gasteiger charge is -2.60. The van der Waals surface area contributed by atoms with E-state index >= 15 is 4.39 Å². The minimum absolute atomic E-state index is 0.0596. The molecule has 42 heavy (non-hydrogen) atoms. The number of hydrogen-bond donors (Lipinski definition) is 2. The normalized spacial score (nSPS) is 37.1. The number of amides is 2. The van der Waals surface area contributed by atoms with Crippen LogP contribution in [0.4, 0.5) is 9.18 Å². The van der Waals surface area contributed by atoms with Gasteiger partial charge in [0, 0.05) is 44.3 Å². The molecule has 234 valence electrons. The maximum absolute atomic E-state index is 16.2. The number of carbonyl (C=O) groups is 3. The van der Waals surface area contributed by atoms with Crippen molar-refractivity contribution in [2.24, 2.45) is 5.92 Å². The fraction of sp³-hybridized carbons (Fsp3) is 0.839. The van der Waals surface area contributed by atoms with E-state index < -0.39 is 35.9 Å². The number of likely N-dealkylation sites (tertiary alicyclic amines) is 2. The van der Waals surface area contributed by atoms with Gasteiger partial charge < -0.3 is 29.9 Å². The van der Waals surface area contributed by atoms with Crippen LogP contribution in [0.1, 0.15) is 72.1 Å². The van der Waals surface area contributed by atoms with Crippen molar-refractivity contribution < 1.29 is 28.2 Å². The molecule has 4 heterocycles. The molecule has 10 nitrogen and oxygen atoms in total. The largest absolute Gasteiger partial charge is 0.444 e. The second kappa shape index (κ2) is 12.0. The van der Waals surface area contributed by atoms with E-state index in [1.165, 1.54) is 12.8 Å². The van der Waals surface area contributed by atoms with E-state index in [2.05, 4.69) is 25.3 Å².